The Balaban J connectivity index is 1.74. The number of carbonyl (C=O) groups excluding carboxylic acids is 2. The van der Waals surface area contributed by atoms with Crippen LogP contribution in [0.1, 0.15) is 60.2 Å². The number of benzene rings is 2. The van der Waals surface area contributed by atoms with Crippen molar-refractivity contribution >= 4 is 11.9 Å². The summed E-state index contributed by atoms with van der Waals surface area (Å²) in [4.78, 5) is 25.3. The molecular formula is C28H36O7. The van der Waals surface area contributed by atoms with Crippen molar-refractivity contribution in [3.05, 3.63) is 71.8 Å². The monoisotopic (exact) mass is 484 g/mol. The third kappa shape index (κ3) is 7.37. The van der Waals surface area contributed by atoms with Gasteiger partial charge in [0.05, 0.1) is 29.4 Å². The molecular weight excluding hydrogens is 448 g/mol. The Bertz CT molecular complexity index is 917. The van der Waals surface area contributed by atoms with Crippen molar-refractivity contribution in [2.24, 2.45) is 11.8 Å². The molecule has 3 rings (SSSR count). The molecule has 7 heteroatoms. The fourth-order valence-corrected chi connectivity index (χ4v) is 4.72. The van der Waals surface area contributed by atoms with Crippen molar-refractivity contribution in [3.63, 3.8) is 0 Å². The molecule has 1 fully saturated rings. The highest BCUT2D eigenvalue weighted by Crippen LogP contribution is 2.39. The number of aliphatic hydroxyl groups excluding tert-OH is 2. The van der Waals surface area contributed by atoms with Gasteiger partial charge in [-0.05, 0) is 43.0 Å². The lowest BCUT2D eigenvalue weighted by molar-refractivity contribution is -0.0456. The highest BCUT2D eigenvalue weighted by atomic mass is 16.6. The molecule has 0 amide bonds. The van der Waals surface area contributed by atoms with Crippen LogP contribution in [0.5, 0.6) is 0 Å². The van der Waals surface area contributed by atoms with Gasteiger partial charge in [0.15, 0.2) is 0 Å². The summed E-state index contributed by atoms with van der Waals surface area (Å²) in [6, 6.07) is 17.2. The minimum atomic E-state index is -0.762. The Morgan fingerprint density at radius 1 is 0.886 bits per heavy atom. The molecule has 0 saturated carbocycles. The van der Waals surface area contributed by atoms with Gasteiger partial charge in [0.2, 0.25) is 0 Å². The lowest BCUT2D eigenvalue weighted by atomic mass is 9.82. The van der Waals surface area contributed by atoms with Crippen LogP contribution in [0.2, 0.25) is 0 Å². The topological polar surface area (TPSA) is 102 Å². The van der Waals surface area contributed by atoms with Crippen molar-refractivity contribution < 1.29 is 34.0 Å². The molecule has 1 aliphatic heterocycles. The quantitative estimate of drug-likeness (QED) is 0.439. The molecule has 2 aromatic rings. The maximum Gasteiger partial charge on any atom is 0.338 e. The molecule has 0 radical (unpaired) electrons. The lowest BCUT2D eigenvalue weighted by Gasteiger charge is -2.25. The standard InChI is InChI=1S/C28H36O7/c1-3-21(30)15-25-23(4-2)24(17-29)26(35-25)16-22(34-28(32)20-13-9-6-10-14-20)18-33-27(31)19-11-7-5-8-12-19/h5-14,21-26,29-30H,3-4,15-18H2,1-2H3/t21?,22-,23+,24?,25-,26+/m0/s1. The van der Waals surface area contributed by atoms with Crippen LogP contribution >= 0.6 is 0 Å². The van der Waals surface area contributed by atoms with Crippen LogP contribution < -0.4 is 0 Å². The van der Waals surface area contributed by atoms with Gasteiger partial charge in [-0.3, -0.25) is 0 Å². The molecule has 190 valence electrons. The van der Waals surface area contributed by atoms with E-state index in [4.69, 9.17) is 14.2 Å². The highest BCUT2D eigenvalue weighted by molar-refractivity contribution is 5.90. The molecule has 0 spiro atoms. The Hall–Kier alpha value is -2.74. The van der Waals surface area contributed by atoms with Crippen LogP contribution in [0.4, 0.5) is 0 Å². The molecule has 1 saturated heterocycles. The summed E-state index contributed by atoms with van der Waals surface area (Å²) >= 11 is 0. The van der Waals surface area contributed by atoms with Crippen LogP contribution in [0.3, 0.4) is 0 Å². The Morgan fingerprint density at radius 2 is 1.46 bits per heavy atom. The second-order valence-electron chi connectivity index (χ2n) is 9.02. The molecule has 1 aliphatic rings. The van der Waals surface area contributed by atoms with Crippen LogP contribution in [-0.4, -0.2) is 59.8 Å². The number of carbonyl (C=O) groups is 2. The van der Waals surface area contributed by atoms with Gasteiger partial charge in [0.25, 0.3) is 0 Å². The predicted molar refractivity (Wildman–Crippen MR) is 131 cm³/mol. The predicted octanol–water partition coefficient (Wildman–Crippen LogP) is 4.02. The second kappa shape index (κ2) is 13.4. The summed E-state index contributed by atoms with van der Waals surface area (Å²) in [6.45, 7) is 3.75. The zero-order chi connectivity index (χ0) is 25.2. The lowest BCUT2D eigenvalue weighted by Crippen LogP contribution is -2.33. The van der Waals surface area contributed by atoms with Gasteiger partial charge in [-0.2, -0.15) is 0 Å². The molecule has 2 aromatic carbocycles. The summed E-state index contributed by atoms with van der Waals surface area (Å²) in [5.41, 5.74) is 0.805. The van der Waals surface area contributed by atoms with Crippen LogP contribution in [0, 0.1) is 11.8 Å². The van der Waals surface area contributed by atoms with Gasteiger partial charge < -0.3 is 24.4 Å². The molecule has 35 heavy (non-hydrogen) atoms. The summed E-state index contributed by atoms with van der Waals surface area (Å²) in [5, 5.41) is 20.3. The Labute approximate surface area is 207 Å². The molecule has 6 atom stereocenters. The van der Waals surface area contributed by atoms with Crippen molar-refractivity contribution in [2.75, 3.05) is 13.2 Å². The largest absolute Gasteiger partial charge is 0.458 e. The van der Waals surface area contributed by atoms with E-state index in [1.165, 1.54) is 0 Å². The summed E-state index contributed by atoms with van der Waals surface area (Å²) < 4.78 is 17.5. The summed E-state index contributed by atoms with van der Waals surface area (Å²) in [5.74, 6) is -1.12. The third-order valence-corrected chi connectivity index (χ3v) is 6.70. The van der Waals surface area contributed by atoms with E-state index in [2.05, 4.69) is 0 Å². The fraction of sp³-hybridized carbons (Fsp3) is 0.500. The maximum atomic E-state index is 12.8. The van der Waals surface area contributed by atoms with Crippen molar-refractivity contribution in [3.8, 4) is 0 Å². The smallest absolute Gasteiger partial charge is 0.338 e. The number of ether oxygens (including phenoxy) is 3. The van der Waals surface area contributed by atoms with E-state index in [1.54, 1.807) is 48.5 Å². The zero-order valence-electron chi connectivity index (χ0n) is 20.4. The van der Waals surface area contributed by atoms with E-state index in [-0.39, 0.29) is 37.6 Å². The number of rotatable bonds is 12. The normalized spacial score (nSPS) is 23.4. The Morgan fingerprint density at radius 3 is 2.00 bits per heavy atom. The molecule has 0 aliphatic carbocycles. The Kier molecular flexibility index (Phi) is 10.3. The average Bonchev–Trinajstić information content (AvgIpc) is 3.23. The van der Waals surface area contributed by atoms with Gasteiger partial charge in [0.1, 0.15) is 12.7 Å². The molecule has 0 bridgehead atoms. The van der Waals surface area contributed by atoms with E-state index < -0.39 is 30.3 Å². The first-order valence-electron chi connectivity index (χ1n) is 12.4. The van der Waals surface area contributed by atoms with Gasteiger partial charge in [0, 0.05) is 18.9 Å². The van der Waals surface area contributed by atoms with Crippen molar-refractivity contribution in [2.45, 2.75) is 63.9 Å². The maximum absolute atomic E-state index is 12.8. The first kappa shape index (κ1) is 26.9. The SMILES string of the molecule is CCC(O)C[C@@H]1O[C@H](C[C@@H](COC(=O)c2ccccc2)OC(=O)c2ccccc2)C(CO)[C@H]1CC. The molecule has 2 N–H and O–H groups in total. The molecule has 2 unspecified atom stereocenters. The molecule has 1 heterocycles. The summed E-state index contributed by atoms with van der Waals surface area (Å²) in [6.07, 6.45) is 0.322. The van der Waals surface area contributed by atoms with Crippen LogP contribution in [0.25, 0.3) is 0 Å². The van der Waals surface area contributed by atoms with E-state index >= 15 is 0 Å². The van der Waals surface area contributed by atoms with Crippen molar-refractivity contribution in [1.29, 1.82) is 0 Å². The van der Waals surface area contributed by atoms with Crippen LogP contribution in [0.15, 0.2) is 60.7 Å². The van der Waals surface area contributed by atoms with E-state index in [1.807, 2.05) is 26.0 Å². The van der Waals surface area contributed by atoms with E-state index in [0.29, 0.717) is 24.0 Å². The van der Waals surface area contributed by atoms with E-state index in [0.717, 1.165) is 6.42 Å². The number of esters is 2. The van der Waals surface area contributed by atoms with E-state index in [9.17, 15) is 19.8 Å². The third-order valence-electron chi connectivity index (χ3n) is 6.70. The van der Waals surface area contributed by atoms with Gasteiger partial charge in [-0.1, -0.05) is 56.7 Å². The molecule has 7 nitrogen and oxygen atoms in total. The zero-order valence-corrected chi connectivity index (χ0v) is 20.4. The second-order valence-corrected chi connectivity index (χ2v) is 9.02. The van der Waals surface area contributed by atoms with Crippen molar-refractivity contribution in [1.82, 2.24) is 0 Å². The minimum absolute atomic E-state index is 0.0727. The average molecular weight is 485 g/mol. The fourth-order valence-electron chi connectivity index (χ4n) is 4.72. The minimum Gasteiger partial charge on any atom is -0.458 e. The molecule has 0 aromatic heterocycles. The van der Waals surface area contributed by atoms with Gasteiger partial charge in [-0.15, -0.1) is 0 Å². The van der Waals surface area contributed by atoms with Gasteiger partial charge >= 0.3 is 11.9 Å². The van der Waals surface area contributed by atoms with Gasteiger partial charge in [-0.25, -0.2) is 9.59 Å². The number of hydrogen-bond donors (Lipinski definition) is 2. The number of hydrogen-bond acceptors (Lipinski definition) is 7. The highest BCUT2D eigenvalue weighted by Gasteiger charge is 2.44. The van der Waals surface area contributed by atoms with Crippen LogP contribution in [-0.2, 0) is 14.2 Å². The number of aliphatic hydroxyl groups is 2. The first-order valence-corrected chi connectivity index (χ1v) is 12.4. The summed E-state index contributed by atoms with van der Waals surface area (Å²) in [7, 11) is 0. The first-order chi connectivity index (χ1) is 17.0.